The highest BCUT2D eigenvalue weighted by atomic mass is 79.9. The standard InChI is InChI=1S/C39H29BrCl2FN3O6/c1-52-31-17-20(40)16-29(34(31)47)33-26-14-15-27-32(37(50)45(35(27)48)25-12-6-22(42)7-13-25)28(26)18-30-36(49)46(44-24-10-8-23(43)9-11-24)38(51)39(30,33)19-2-4-21(41)5-3-19/h2-14,16-17,27-28,30,32-33,44,47H,15,18H2,1H3/t27-,28+,30-,32-,33+,39+/m0/s1. The maximum atomic E-state index is 15.3. The lowest BCUT2D eigenvalue weighted by atomic mass is 9.49. The summed E-state index contributed by atoms with van der Waals surface area (Å²) in [5.74, 6) is -6.93. The lowest BCUT2D eigenvalue weighted by molar-refractivity contribution is -0.138. The summed E-state index contributed by atoms with van der Waals surface area (Å²) in [4.78, 5) is 59.7. The number of phenolic OH excluding ortho intramolecular Hbond substituents is 1. The minimum atomic E-state index is -1.67. The van der Waals surface area contributed by atoms with E-state index in [1.807, 2.05) is 6.08 Å². The van der Waals surface area contributed by atoms with E-state index < -0.39 is 58.5 Å². The van der Waals surface area contributed by atoms with Crippen LogP contribution >= 0.6 is 39.1 Å². The summed E-state index contributed by atoms with van der Waals surface area (Å²) < 4.78 is 20.0. The Morgan fingerprint density at radius 3 is 2.19 bits per heavy atom. The van der Waals surface area contributed by atoms with Gasteiger partial charge in [-0.25, -0.2) is 4.39 Å². The number of aromatic hydroxyl groups is 1. The lowest BCUT2D eigenvalue weighted by Crippen LogP contribution is -2.53. The monoisotopic (exact) mass is 803 g/mol. The van der Waals surface area contributed by atoms with Gasteiger partial charge in [0.25, 0.3) is 11.8 Å². The number of allylic oxidation sites excluding steroid dienone is 2. The fourth-order valence-electron chi connectivity index (χ4n) is 8.81. The second-order valence-corrected chi connectivity index (χ2v) is 15.2. The van der Waals surface area contributed by atoms with Crippen molar-refractivity contribution in [1.29, 1.82) is 0 Å². The summed E-state index contributed by atoms with van der Waals surface area (Å²) in [6.45, 7) is 0. The summed E-state index contributed by atoms with van der Waals surface area (Å²) in [7, 11) is 1.41. The zero-order chi connectivity index (χ0) is 36.6. The zero-order valence-corrected chi connectivity index (χ0v) is 30.5. The van der Waals surface area contributed by atoms with Gasteiger partial charge in [-0.05, 0) is 97.1 Å². The molecule has 2 aliphatic heterocycles. The number of ether oxygens (including phenoxy) is 1. The van der Waals surface area contributed by atoms with Crippen molar-refractivity contribution in [2.45, 2.75) is 24.2 Å². The van der Waals surface area contributed by atoms with Gasteiger partial charge in [0.2, 0.25) is 11.8 Å². The minimum Gasteiger partial charge on any atom is -0.504 e. The maximum Gasteiger partial charge on any atom is 0.260 e. The number of imide groups is 2. The maximum absolute atomic E-state index is 15.3. The molecule has 4 aliphatic rings. The average molecular weight is 805 g/mol. The number of hydrazine groups is 1. The summed E-state index contributed by atoms with van der Waals surface area (Å²) in [5, 5.41) is 13.7. The van der Waals surface area contributed by atoms with Crippen LogP contribution in [0.4, 0.5) is 15.8 Å². The smallest absolute Gasteiger partial charge is 0.260 e. The Labute approximate surface area is 316 Å². The second-order valence-electron chi connectivity index (χ2n) is 13.4. The van der Waals surface area contributed by atoms with Crippen molar-refractivity contribution in [3.8, 4) is 11.5 Å². The van der Waals surface area contributed by atoms with Crippen molar-refractivity contribution in [2.24, 2.45) is 23.7 Å². The molecule has 8 rings (SSSR count). The van der Waals surface area contributed by atoms with E-state index >= 15 is 4.79 Å². The van der Waals surface area contributed by atoms with Crippen LogP contribution < -0.4 is 15.1 Å². The molecule has 2 heterocycles. The molecule has 264 valence electrons. The summed E-state index contributed by atoms with van der Waals surface area (Å²) in [5.41, 5.74) is 3.32. The molecule has 4 amide bonds. The number of anilines is 2. The first kappa shape index (κ1) is 34.4. The predicted molar refractivity (Wildman–Crippen MR) is 195 cm³/mol. The Morgan fingerprint density at radius 2 is 1.54 bits per heavy atom. The lowest BCUT2D eigenvalue weighted by Gasteiger charge is -2.50. The third kappa shape index (κ3) is 5.08. The molecular formula is C39H29BrCl2FN3O6. The molecule has 2 N–H and O–H groups in total. The van der Waals surface area contributed by atoms with Crippen molar-refractivity contribution in [3.05, 3.63) is 128 Å². The number of nitrogens with zero attached hydrogens (tertiary/aromatic N) is 2. The van der Waals surface area contributed by atoms with Crippen LogP contribution in [0.2, 0.25) is 10.0 Å². The molecule has 1 saturated carbocycles. The van der Waals surface area contributed by atoms with Gasteiger partial charge >= 0.3 is 0 Å². The van der Waals surface area contributed by atoms with Crippen LogP contribution in [-0.2, 0) is 24.6 Å². The van der Waals surface area contributed by atoms with E-state index in [-0.39, 0.29) is 35.8 Å². The number of phenols is 1. The van der Waals surface area contributed by atoms with Gasteiger partial charge in [-0.2, -0.15) is 5.01 Å². The van der Waals surface area contributed by atoms with Crippen molar-refractivity contribution >= 4 is 74.1 Å². The number of rotatable bonds is 6. The van der Waals surface area contributed by atoms with Gasteiger partial charge in [-0.15, -0.1) is 0 Å². The first-order chi connectivity index (χ1) is 24.9. The number of nitrogens with one attached hydrogen (secondary N) is 1. The number of hydrogen-bond donors (Lipinski definition) is 2. The van der Waals surface area contributed by atoms with Crippen molar-refractivity contribution in [3.63, 3.8) is 0 Å². The first-order valence-corrected chi connectivity index (χ1v) is 18.1. The Bertz CT molecular complexity index is 2200. The molecule has 2 aliphatic carbocycles. The predicted octanol–water partition coefficient (Wildman–Crippen LogP) is 7.80. The summed E-state index contributed by atoms with van der Waals surface area (Å²) in [6.07, 6.45) is 2.12. The average Bonchev–Trinajstić information content (AvgIpc) is 3.51. The molecular weight excluding hydrogens is 776 g/mol. The van der Waals surface area contributed by atoms with Crippen LogP contribution in [0.5, 0.6) is 11.5 Å². The van der Waals surface area contributed by atoms with Crippen LogP contribution in [0.3, 0.4) is 0 Å². The molecule has 0 unspecified atom stereocenters. The minimum absolute atomic E-state index is 0.0394. The third-order valence-corrected chi connectivity index (χ3v) is 11.9. The Hall–Kier alpha value is -4.71. The number of carbonyl (C=O) groups excluding carboxylic acids is 4. The van der Waals surface area contributed by atoms with Crippen LogP contribution in [0.25, 0.3) is 0 Å². The zero-order valence-electron chi connectivity index (χ0n) is 27.4. The summed E-state index contributed by atoms with van der Waals surface area (Å²) in [6, 6.07) is 21.6. The molecule has 0 radical (unpaired) electrons. The first-order valence-electron chi connectivity index (χ1n) is 16.5. The van der Waals surface area contributed by atoms with Crippen LogP contribution in [-0.4, -0.2) is 40.9 Å². The van der Waals surface area contributed by atoms with E-state index in [4.69, 9.17) is 27.9 Å². The van der Waals surface area contributed by atoms with E-state index in [2.05, 4.69) is 21.4 Å². The van der Waals surface area contributed by atoms with Gasteiger partial charge in [0, 0.05) is 26.0 Å². The number of hydrogen-bond acceptors (Lipinski definition) is 7. The number of halogens is 4. The fraction of sp³-hybridized carbons (Fsp3) is 0.231. The van der Waals surface area contributed by atoms with Crippen LogP contribution in [0.1, 0.15) is 29.9 Å². The quantitative estimate of drug-likeness (QED) is 0.151. The SMILES string of the molecule is COc1cc(Br)cc([C@H]2C3=CC[C@@H]4C(=O)N(c5ccc(Cl)cc5)C(=O)[C@@H]4[C@@H]3C[C@H]3C(=O)N(Nc4ccc(F)cc4)C(=O)[C@@]23c2ccc(Cl)cc2)c1O. The number of benzene rings is 4. The molecule has 4 aromatic carbocycles. The molecule has 9 nitrogen and oxygen atoms in total. The van der Waals surface area contributed by atoms with Gasteiger partial charge in [0.1, 0.15) is 5.82 Å². The van der Waals surface area contributed by atoms with Crippen LogP contribution in [0.15, 0.2) is 101 Å². The number of amides is 4. The van der Waals surface area contributed by atoms with E-state index in [9.17, 15) is 23.9 Å². The molecule has 52 heavy (non-hydrogen) atoms. The number of methoxy groups -OCH3 is 1. The highest BCUT2D eigenvalue weighted by molar-refractivity contribution is 9.10. The number of fused-ring (bicyclic) bond motifs is 4. The molecule has 13 heteroatoms. The highest BCUT2D eigenvalue weighted by Gasteiger charge is 2.70. The Morgan fingerprint density at radius 1 is 0.885 bits per heavy atom. The van der Waals surface area contributed by atoms with E-state index in [1.165, 1.54) is 36.3 Å². The van der Waals surface area contributed by atoms with Gasteiger partial charge in [-0.1, -0.05) is 62.9 Å². The second kappa shape index (κ2) is 12.8. The molecule has 6 atom stereocenters. The van der Waals surface area contributed by atoms with Crippen molar-refractivity contribution < 1.29 is 33.4 Å². The topological polar surface area (TPSA) is 116 Å². The van der Waals surface area contributed by atoms with E-state index in [0.29, 0.717) is 37.0 Å². The Kier molecular flexibility index (Phi) is 8.43. The number of carbonyl (C=O) groups is 4. The molecule has 4 aromatic rings. The highest BCUT2D eigenvalue weighted by Crippen LogP contribution is 2.65. The van der Waals surface area contributed by atoms with Gasteiger partial charge in [0.15, 0.2) is 11.5 Å². The van der Waals surface area contributed by atoms with Gasteiger partial charge in [-0.3, -0.25) is 29.5 Å². The molecule has 0 spiro atoms. The van der Waals surface area contributed by atoms with Crippen LogP contribution in [0, 0.1) is 29.5 Å². The van der Waals surface area contributed by atoms with E-state index in [1.54, 1.807) is 60.7 Å². The van der Waals surface area contributed by atoms with Gasteiger partial charge in [0.05, 0.1) is 41.7 Å². The van der Waals surface area contributed by atoms with Crippen molar-refractivity contribution in [1.82, 2.24) is 5.01 Å². The molecule has 0 aromatic heterocycles. The molecule has 2 saturated heterocycles. The normalized spacial score (nSPS) is 26.6. The fourth-order valence-corrected chi connectivity index (χ4v) is 9.52. The van der Waals surface area contributed by atoms with Crippen molar-refractivity contribution in [2.75, 3.05) is 17.4 Å². The largest absolute Gasteiger partial charge is 0.504 e. The van der Waals surface area contributed by atoms with E-state index in [0.717, 1.165) is 5.01 Å². The molecule has 0 bridgehead atoms. The third-order valence-electron chi connectivity index (χ3n) is 10.9. The Balaban J connectivity index is 1.35. The van der Waals surface area contributed by atoms with Gasteiger partial charge < -0.3 is 9.84 Å². The summed E-state index contributed by atoms with van der Waals surface area (Å²) >= 11 is 16.0. The molecule has 3 fully saturated rings.